The highest BCUT2D eigenvalue weighted by Gasteiger charge is 2.33. The molecule has 3 aromatic carbocycles. The Balaban J connectivity index is 1.55. The number of hydrogen-bond donors (Lipinski definition) is 1. The highest BCUT2D eigenvalue weighted by molar-refractivity contribution is 8.18. The highest BCUT2D eigenvalue weighted by Crippen LogP contribution is 2.34. The minimum absolute atomic E-state index is 0.0698. The molecule has 2 N–H and O–H groups in total. The third-order valence-electron chi connectivity index (χ3n) is 4.89. The molecule has 33 heavy (non-hydrogen) atoms. The van der Waals surface area contributed by atoms with Crippen molar-refractivity contribution >= 4 is 40.5 Å². The predicted octanol–water partition coefficient (Wildman–Crippen LogP) is 4.40. The van der Waals surface area contributed by atoms with Crippen molar-refractivity contribution in [3.8, 4) is 5.75 Å². The van der Waals surface area contributed by atoms with Crippen LogP contribution in [0.4, 0.5) is 5.69 Å². The summed E-state index contributed by atoms with van der Waals surface area (Å²) in [5.41, 5.74) is 7.92. The quantitative estimate of drug-likeness (QED) is 0.508. The van der Waals surface area contributed by atoms with Gasteiger partial charge in [-0.15, -0.1) is 0 Å². The number of ether oxygens (including phenoxy) is 1. The molecule has 3 aromatic rings. The van der Waals surface area contributed by atoms with Crippen LogP contribution in [-0.4, -0.2) is 35.0 Å². The number of primary amides is 1. The molecular weight excluding hydrogens is 434 g/mol. The second-order valence-corrected chi connectivity index (χ2v) is 8.37. The fourth-order valence-corrected chi connectivity index (χ4v) is 4.28. The van der Waals surface area contributed by atoms with Crippen LogP contribution in [0.5, 0.6) is 5.75 Å². The van der Waals surface area contributed by atoms with Gasteiger partial charge in [-0.3, -0.25) is 14.5 Å². The van der Waals surface area contributed by atoms with Gasteiger partial charge >= 0.3 is 0 Å². The van der Waals surface area contributed by atoms with Gasteiger partial charge in [0, 0.05) is 6.54 Å². The van der Waals surface area contributed by atoms with Crippen LogP contribution in [0.2, 0.25) is 0 Å². The Morgan fingerprint density at radius 1 is 0.970 bits per heavy atom. The van der Waals surface area contributed by atoms with E-state index in [9.17, 15) is 9.59 Å². The first-order valence-corrected chi connectivity index (χ1v) is 11.3. The van der Waals surface area contributed by atoms with E-state index in [1.54, 1.807) is 17.0 Å². The lowest BCUT2D eigenvalue weighted by Gasteiger charge is -2.15. The molecule has 6 nitrogen and oxygen atoms in total. The summed E-state index contributed by atoms with van der Waals surface area (Å²) in [6.45, 7) is 0.364. The molecule has 0 bridgehead atoms. The van der Waals surface area contributed by atoms with E-state index >= 15 is 0 Å². The molecule has 1 aliphatic rings. The van der Waals surface area contributed by atoms with Crippen LogP contribution in [0.25, 0.3) is 6.08 Å². The van der Waals surface area contributed by atoms with E-state index < -0.39 is 5.91 Å². The lowest BCUT2D eigenvalue weighted by Crippen LogP contribution is -2.31. The molecule has 1 heterocycles. The molecule has 1 aliphatic heterocycles. The first-order chi connectivity index (χ1) is 16.1. The Morgan fingerprint density at radius 2 is 1.64 bits per heavy atom. The van der Waals surface area contributed by atoms with Gasteiger partial charge in [-0.25, -0.2) is 4.99 Å². The van der Waals surface area contributed by atoms with Crippen molar-refractivity contribution in [1.82, 2.24) is 4.90 Å². The van der Waals surface area contributed by atoms with Crippen LogP contribution >= 0.6 is 11.8 Å². The standard InChI is InChI=1S/C26H23N3O3S/c27-24(30)18-32-22-13-11-20(12-14-22)17-23-25(31)29(16-15-19-7-3-1-4-8-19)26(33-23)28-21-9-5-2-6-10-21/h1-14,17H,15-16,18H2,(H2,27,30)/b23-17-,28-26?. The lowest BCUT2D eigenvalue weighted by molar-refractivity contribution is -0.122. The van der Waals surface area contributed by atoms with Crippen LogP contribution in [0.1, 0.15) is 11.1 Å². The summed E-state index contributed by atoms with van der Waals surface area (Å²) in [7, 11) is 0. The Kier molecular flexibility index (Phi) is 7.22. The molecule has 0 unspecified atom stereocenters. The van der Waals surface area contributed by atoms with Gasteiger partial charge in [0.1, 0.15) is 5.75 Å². The van der Waals surface area contributed by atoms with E-state index in [0.717, 1.165) is 17.7 Å². The van der Waals surface area contributed by atoms with Gasteiger partial charge in [-0.1, -0.05) is 60.7 Å². The highest BCUT2D eigenvalue weighted by atomic mass is 32.2. The number of nitrogens with two attached hydrogens (primary N) is 1. The summed E-state index contributed by atoms with van der Waals surface area (Å²) in [5.74, 6) is -0.0631. The van der Waals surface area contributed by atoms with Gasteiger partial charge < -0.3 is 10.5 Å². The normalized spacial score (nSPS) is 15.9. The SMILES string of the molecule is NC(=O)COc1ccc(/C=C2\SC(=Nc3ccccc3)N(CCc3ccccc3)C2=O)cc1. The van der Waals surface area contributed by atoms with E-state index in [-0.39, 0.29) is 12.5 Å². The Morgan fingerprint density at radius 3 is 2.30 bits per heavy atom. The van der Waals surface area contributed by atoms with E-state index in [4.69, 9.17) is 15.5 Å². The molecule has 0 spiro atoms. The second kappa shape index (κ2) is 10.7. The van der Waals surface area contributed by atoms with Crippen molar-refractivity contribution in [2.24, 2.45) is 10.7 Å². The Hall–Kier alpha value is -3.84. The molecule has 7 heteroatoms. The number of para-hydroxylation sites is 1. The number of benzene rings is 3. The number of thioether (sulfide) groups is 1. The third kappa shape index (κ3) is 6.11. The number of rotatable bonds is 8. The van der Waals surface area contributed by atoms with E-state index in [0.29, 0.717) is 22.4 Å². The molecule has 166 valence electrons. The zero-order valence-corrected chi connectivity index (χ0v) is 18.7. The summed E-state index contributed by atoms with van der Waals surface area (Å²) >= 11 is 1.37. The summed E-state index contributed by atoms with van der Waals surface area (Å²) in [6.07, 6.45) is 2.58. The number of amidine groups is 1. The van der Waals surface area contributed by atoms with Gasteiger partial charge in [-0.05, 0) is 59.7 Å². The number of hydrogen-bond acceptors (Lipinski definition) is 5. The summed E-state index contributed by atoms with van der Waals surface area (Å²) in [6, 6.07) is 26.8. The van der Waals surface area contributed by atoms with Crippen molar-refractivity contribution in [3.63, 3.8) is 0 Å². The van der Waals surface area contributed by atoms with E-state index in [1.165, 1.54) is 17.3 Å². The maximum Gasteiger partial charge on any atom is 0.266 e. The van der Waals surface area contributed by atoms with Crippen LogP contribution < -0.4 is 10.5 Å². The molecule has 4 rings (SSSR count). The van der Waals surface area contributed by atoms with E-state index in [2.05, 4.69) is 12.1 Å². The van der Waals surface area contributed by atoms with Crippen LogP contribution in [0.15, 0.2) is 94.8 Å². The average Bonchev–Trinajstić information content (AvgIpc) is 3.12. The number of nitrogens with zero attached hydrogens (tertiary/aromatic N) is 2. The lowest BCUT2D eigenvalue weighted by atomic mass is 10.1. The van der Waals surface area contributed by atoms with Crippen molar-refractivity contribution in [3.05, 3.63) is 101 Å². The fourth-order valence-electron chi connectivity index (χ4n) is 3.25. The smallest absolute Gasteiger partial charge is 0.266 e. The first-order valence-electron chi connectivity index (χ1n) is 10.5. The van der Waals surface area contributed by atoms with Crippen molar-refractivity contribution in [2.45, 2.75) is 6.42 Å². The number of amides is 2. The number of carbonyl (C=O) groups excluding carboxylic acids is 2. The molecular formula is C26H23N3O3S. The molecule has 0 radical (unpaired) electrons. The molecule has 1 fully saturated rings. The average molecular weight is 458 g/mol. The third-order valence-corrected chi connectivity index (χ3v) is 5.90. The molecule has 1 saturated heterocycles. The monoisotopic (exact) mass is 457 g/mol. The second-order valence-electron chi connectivity index (χ2n) is 7.36. The summed E-state index contributed by atoms with van der Waals surface area (Å²) in [5, 5.41) is 0.662. The van der Waals surface area contributed by atoms with Gasteiger partial charge in [0.25, 0.3) is 11.8 Å². The number of aliphatic imine (C=N–C) groups is 1. The summed E-state index contributed by atoms with van der Waals surface area (Å²) < 4.78 is 5.29. The zero-order valence-electron chi connectivity index (χ0n) is 17.9. The van der Waals surface area contributed by atoms with Gasteiger partial charge in [-0.2, -0.15) is 0 Å². The minimum Gasteiger partial charge on any atom is -0.484 e. The molecule has 0 aliphatic carbocycles. The molecule has 0 saturated carbocycles. The Bertz CT molecular complexity index is 1180. The molecule has 2 amide bonds. The van der Waals surface area contributed by atoms with Gasteiger partial charge in [0.05, 0.1) is 10.6 Å². The van der Waals surface area contributed by atoms with Gasteiger partial charge in [0.2, 0.25) is 0 Å². The van der Waals surface area contributed by atoms with Gasteiger partial charge in [0.15, 0.2) is 11.8 Å². The largest absolute Gasteiger partial charge is 0.484 e. The van der Waals surface area contributed by atoms with Crippen molar-refractivity contribution in [1.29, 1.82) is 0 Å². The topological polar surface area (TPSA) is 85.0 Å². The zero-order chi connectivity index (χ0) is 23.0. The Labute approximate surface area is 196 Å². The van der Waals surface area contributed by atoms with Crippen molar-refractivity contribution < 1.29 is 14.3 Å². The summed E-state index contributed by atoms with van der Waals surface area (Å²) in [4.78, 5) is 31.2. The van der Waals surface area contributed by atoms with Crippen LogP contribution in [0.3, 0.4) is 0 Å². The first kappa shape index (κ1) is 22.4. The molecule has 0 aromatic heterocycles. The molecule has 0 atom stereocenters. The van der Waals surface area contributed by atoms with Crippen LogP contribution in [0, 0.1) is 0 Å². The number of carbonyl (C=O) groups is 2. The van der Waals surface area contributed by atoms with Crippen molar-refractivity contribution in [2.75, 3.05) is 13.2 Å². The van der Waals surface area contributed by atoms with E-state index in [1.807, 2.05) is 66.7 Å². The maximum atomic E-state index is 13.3. The predicted molar refractivity (Wildman–Crippen MR) is 132 cm³/mol. The van der Waals surface area contributed by atoms with Crippen LogP contribution in [-0.2, 0) is 16.0 Å². The minimum atomic E-state index is -0.532. The fraction of sp³-hybridized carbons (Fsp3) is 0.115. The maximum absolute atomic E-state index is 13.3.